The Morgan fingerprint density at radius 3 is 2.55 bits per heavy atom. The maximum absolute atomic E-state index is 5.94. The van der Waals surface area contributed by atoms with E-state index < -0.39 is 0 Å². The summed E-state index contributed by atoms with van der Waals surface area (Å²) in [6.07, 6.45) is 4.73. The minimum absolute atomic E-state index is 0.365. The van der Waals surface area contributed by atoms with E-state index in [0.29, 0.717) is 5.38 Å². The van der Waals surface area contributed by atoms with Gasteiger partial charge in [-0.1, -0.05) is 20.3 Å². The molecule has 0 bridgehead atoms. The third-order valence-electron chi connectivity index (χ3n) is 1.78. The molecule has 1 nitrogen and oxygen atoms in total. The number of hydrogen-bond donors (Lipinski definition) is 1. The molecule has 1 atom stereocenters. The van der Waals surface area contributed by atoms with Gasteiger partial charge >= 0.3 is 0 Å². The minimum Gasteiger partial charge on any atom is -0.317 e. The Bertz CT molecular complexity index is 76.0. The largest absolute Gasteiger partial charge is 0.317 e. The smallest absolute Gasteiger partial charge is 0.0345 e. The molecule has 0 spiro atoms. The molecule has 0 saturated heterocycles. The molecule has 2 heteroatoms. The van der Waals surface area contributed by atoms with Crippen LogP contribution in [0.5, 0.6) is 0 Å². The van der Waals surface area contributed by atoms with Crippen LogP contribution in [0.4, 0.5) is 0 Å². The van der Waals surface area contributed by atoms with E-state index in [1.165, 1.54) is 12.8 Å². The first-order valence-corrected chi connectivity index (χ1v) is 5.09. The highest BCUT2D eigenvalue weighted by atomic mass is 35.5. The maximum Gasteiger partial charge on any atom is 0.0345 e. The molecule has 0 aliphatic rings. The third-order valence-corrected chi connectivity index (χ3v) is 2.31. The Balaban J connectivity index is 2.89. The molecule has 0 amide bonds. The lowest BCUT2D eigenvalue weighted by Crippen LogP contribution is -2.19. The molecule has 1 N–H and O–H groups in total. The van der Waals surface area contributed by atoms with E-state index in [1.54, 1.807) is 0 Å². The van der Waals surface area contributed by atoms with Crippen molar-refractivity contribution in [1.82, 2.24) is 5.32 Å². The SMILES string of the molecule is CCCCNCCC(Cl)CC. The Morgan fingerprint density at radius 1 is 1.27 bits per heavy atom. The van der Waals surface area contributed by atoms with Gasteiger partial charge in [0.1, 0.15) is 0 Å². The van der Waals surface area contributed by atoms with E-state index in [0.717, 1.165) is 25.9 Å². The third kappa shape index (κ3) is 8.15. The summed E-state index contributed by atoms with van der Waals surface area (Å²) in [6.45, 7) is 6.55. The van der Waals surface area contributed by atoms with Crippen LogP contribution in [0.15, 0.2) is 0 Å². The molecule has 68 valence electrons. The second kappa shape index (κ2) is 8.35. The number of unbranched alkanes of at least 4 members (excludes halogenated alkanes) is 1. The molecular formula is C9H20ClN. The fourth-order valence-corrected chi connectivity index (χ4v) is 0.999. The second-order valence-corrected chi connectivity index (χ2v) is 3.51. The predicted molar refractivity (Wildman–Crippen MR) is 52.3 cm³/mol. The first kappa shape index (κ1) is 11.2. The van der Waals surface area contributed by atoms with Crippen LogP contribution in [0.2, 0.25) is 0 Å². The van der Waals surface area contributed by atoms with Gasteiger partial charge < -0.3 is 5.32 Å². The van der Waals surface area contributed by atoms with Crippen molar-refractivity contribution in [1.29, 1.82) is 0 Å². The molecule has 0 saturated carbocycles. The summed E-state index contributed by atoms with van der Waals surface area (Å²) in [4.78, 5) is 0. The number of nitrogens with one attached hydrogen (secondary N) is 1. The van der Waals surface area contributed by atoms with Crippen LogP contribution < -0.4 is 5.32 Å². The van der Waals surface area contributed by atoms with Crippen molar-refractivity contribution in [3.63, 3.8) is 0 Å². The zero-order valence-corrected chi connectivity index (χ0v) is 8.45. The molecule has 0 aromatic heterocycles. The first-order valence-electron chi connectivity index (χ1n) is 4.66. The van der Waals surface area contributed by atoms with E-state index in [4.69, 9.17) is 11.6 Å². The molecule has 0 radical (unpaired) electrons. The van der Waals surface area contributed by atoms with Gasteiger partial charge in [0.2, 0.25) is 0 Å². The monoisotopic (exact) mass is 177 g/mol. The molecule has 11 heavy (non-hydrogen) atoms. The lowest BCUT2D eigenvalue weighted by molar-refractivity contribution is 0.599. The van der Waals surface area contributed by atoms with Crippen LogP contribution in [0.1, 0.15) is 39.5 Å². The summed E-state index contributed by atoms with van der Waals surface area (Å²) in [7, 11) is 0. The van der Waals surface area contributed by atoms with Crippen LogP contribution >= 0.6 is 11.6 Å². The average Bonchev–Trinajstić information content (AvgIpc) is 2.04. The van der Waals surface area contributed by atoms with Crippen molar-refractivity contribution in [2.24, 2.45) is 0 Å². The van der Waals surface area contributed by atoms with Crippen LogP contribution in [0.3, 0.4) is 0 Å². The van der Waals surface area contributed by atoms with Gasteiger partial charge in [-0.3, -0.25) is 0 Å². The van der Waals surface area contributed by atoms with Gasteiger partial charge in [-0.25, -0.2) is 0 Å². The summed E-state index contributed by atoms with van der Waals surface area (Å²) in [6, 6.07) is 0. The summed E-state index contributed by atoms with van der Waals surface area (Å²) < 4.78 is 0. The standard InChI is InChI=1S/C9H20ClN/c1-3-5-7-11-8-6-9(10)4-2/h9,11H,3-8H2,1-2H3. The zero-order valence-electron chi connectivity index (χ0n) is 7.70. The van der Waals surface area contributed by atoms with Gasteiger partial charge in [-0.15, -0.1) is 11.6 Å². The van der Waals surface area contributed by atoms with Gasteiger partial charge in [0, 0.05) is 5.38 Å². The number of hydrogen-bond acceptors (Lipinski definition) is 1. The van der Waals surface area contributed by atoms with Gasteiger partial charge in [0.05, 0.1) is 0 Å². The van der Waals surface area contributed by atoms with Crippen molar-refractivity contribution in [3.05, 3.63) is 0 Å². The Kier molecular flexibility index (Phi) is 8.54. The fourth-order valence-electron chi connectivity index (χ4n) is 0.890. The van der Waals surface area contributed by atoms with Crippen molar-refractivity contribution >= 4 is 11.6 Å². The minimum atomic E-state index is 0.365. The molecule has 0 fully saturated rings. The van der Waals surface area contributed by atoms with Crippen LogP contribution in [-0.2, 0) is 0 Å². The van der Waals surface area contributed by atoms with Crippen LogP contribution in [0.25, 0.3) is 0 Å². The zero-order chi connectivity index (χ0) is 8.53. The number of halogens is 1. The van der Waals surface area contributed by atoms with E-state index >= 15 is 0 Å². The normalized spacial score (nSPS) is 13.4. The highest BCUT2D eigenvalue weighted by Gasteiger charge is 1.98. The molecule has 0 aromatic carbocycles. The molecule has 0 aliphatic heterocycles. The molecule has 1 unspecified atom stereocenters. The van der Waals surface area contributed by atoms with Crippen molar-refractivity contribution in [3.8, 4) is 0 Å². The molecule has 0 rings (SSSR count). The molecule has 0 aromatic rings. The van der Waals surface area contributed by atoms with Crippen LogP contribution in [0, 0.1) is 0 Å². The quantitative estimate of drug-likeness (QED) is 0.466. The Morgan fingerprint density at radius 2 is 2.00 bits per heavy atom. The number of alkyl halides is 1. The lowest BCUT2D eigenvalue weighted by Gasteiger charge is -2.06. The van der Waals surface area contributed by atoms with Crippen molar-refractivity contribution < 1.29 is 0 Å². The Hall–Kier alpha value is 0.250. The fraction of sp³-hybridized carbons (Fsp3) is 1.00. The van der Waals surface area contributed by atoms with Gasteiger partial charge in [0.25, 0.3) is 0 Å². The summed E-state index contributed by atoms with van der Waals surface area (Å²) in [5.74, 6) is 0. The molecular weight excluding hydrogens is 158 g/mol. The maximum atomic E-state index is 5.94. The first-order chi connectivity index (χ1) is 5.31. The summed E-state index contributed by atoms with van der Waals surface area (Å²) in [5, 5.41) is 3.73. The number of rotatable bonds is 7. The van der Waals surface area contributed by atoms with E-state index in [9.17, 15) is 0 Å². The van der Waals surface area contributed by atoms with Gasteiger partial charge in [-0.05, 0) is 32.4 Å². The van der Waals surface area contributed by atoms with E-state index in [-0.39, 0.29) is 0 Å². The van der Waals surface area contributed by atoms with E-state index in [1.807, 2.05) is 0 Å². The summed E-state index contributed by atoms with van der Waals surface area (Å²) >= 11 is 5.94. The second-order valence-electron chi connectivity index (χ2n) is 2.90. The van der Waals surface area contributed by atoms with E-state index in [2.05, 4.69) is 19.2 Å². The Labute approximate surface area is 75.5 Å². The predicted octanol–water partition coefficient (Wildman–Crippen LogP) is 2.78. The lowest BCUT2D eigenvalue weighted by atomic mass is 10.2. The topological polar surface area (TPSA) is 12.0 Å². The van der Waals surface area contributed by atoms with Crippen molar-refractivity contribution in [2.75, 3.05) is 13.1 Å². The van der Waals surface area contributed by atoms with Crippen molar-refractivity contribution in [2.45, 2.75) is 44.9 Å². The van der Waals surface area contributed by atoms with Gasteiger partial charge in [-0.2, -0.15) is 0 Å². The van der Waals surface area contributed by atoms with Gasteiger partial charge in [0.15, 0.2) is 0 Å². The highest BCUT2D eigenvalue weighted by Crippen LogP contribution is 2.04. The summed E-state index contributed by atoms with van der Waals surface area (Å²) in [5.41, 5.74) is 0. The average molecular weight is 178 g/mol. The van der Waals surface area contributed by atoms with Crippen LogP contribution in [-0.4, -0.2) is 18.5 Å². The molecule has 0 heterocycles. The highest BCUT2D eigenvalue weighted by molar-refractivity contribution is 6.20. The molecule has 0 aliphatic carbocycles.